The fourth-order valence-electron chi connectivity index (χ4n) is 5.14. The van der Waals surface area contributed by atoms with Gasteiger partial charge in [-0.3, -0.25) is 0 Å². The SMILES string of the molecule is CCCCCCCC1CCC(C2CCc3ccc(F)cc3C2)CC1. The van der Waals surface area contributed by atoms with Gasteiger partial charge in [0.25, 0.3) is 0 Å². The second kappa shape index (κ2) is 9.02. The van der Waals surface area contributed by atoms with Crippen LogP contribution < -0.4 is 0 Å². The summed E-state index contributed by atoms with van der Waals surface area (Å²) in [5.41, 5.74) is 2.69. The van der Waals surface area contributed by atoms with Crippen molar-refractivity contribution in [3.8, 4) is 0 Å². The Bertz CT molecular complexity index is 499. The van der Waals surface area contributed by atoms with Gasteiger partial charge in [0.1, 0.15) is 5.82 Å². The lowest BCUT2D eigenvalue weighted by atomic mass is 9.69. The van der Waals surface area contributed by atoms with Crippen molar-refractivity contribution in [2.75, 3.05) is 0 Å². The van der Waals surface area contributed by atoms with Crippen LogP contribution in [0.5, 0.6) is 0 Å². The van der Waals surface area contributed by atoms with E-state index in [4.69, 9.17) is 0 Å². The summed E-state index contributed by atoms with van der Waals surface area (Å²) in [5.74, 6) is 2.65. The van der Waals surface area contributed by atoms with Crippen LogP contribution in [0.15, 0.2) is 18.2 Å². The lowest BCUT2D eigenvalue weighted by molar-refractivity contribution is 0.182. The van der Waals surface area contributed by atoms with E-state index in [1.54, 1.807) is 12.1 Å². The van der Waals surface area contributed by atoms with Crippen LogP contribution in [0, 0.1) is 23.6 Å². The third-order valence-electron chi connectivity index (χ3n) is 6.71. The van der Waals surface area contributed by atoms with Gasteiger partial charge in [0.05, 0.1) is 0 Å². The maximum atomic E-state index is 13.5. The van der Waals surface area contributed by atoms with Crippen molar-refractivity contribution in [1.29, 1.82) is 0 Å². The second-order valence-electron chi connectivity index (χ2n) is 8.40. The highest BCUT2D eigenvalue weighted by Crippen LogP contribution is 2.40. The van der Waals surface area contributed by atoms with Gasteiger partial charge >= 0.3 is 0 Å². The Hall–Kier alpha value is -0.850. The zero-order valence-electron chi connectivity index (χ0n) is 15.5. The predicted octanol–water partition coefficient (Wildman–Crippen LogP) is 7.10. The summed E-state index contributed by atoms with van der Waals surface area (Å²) < 4.78 is 13.5. The molecule has 1 heteroatoms. The largest absolute Gasteiger partial charge is 0.207 e. The summed E-state index contributed by atoms with van der Waals surface area (Å²) in [6.45, 7) is 2.29. The molecule has 0 spiro atoms. The molecule has 2 aliphatic rings. The van der Waals surface area contributed by atoms with Crippen molar-refractivity contribution in [2.24, 2.45) is 17.8 Å². The summed E-state index contributed by atoms with van der Waals surface area (Å²) in [7, 11) is 0. The number of hydrogen-bond donors (Lipinski definition) is 0. The van der Waals surface area contributed by atoms with Gasteiger partial charge in [-0.15, -0.1) is 0 Å². The first-order valence-electron chi connectivity index (χ1n) is 10.5. The number of hydrogen-bond acceptors (Lipinski definition) is 0. The quantitative estimate of drug-likeness (QED) is 0.468. The van der Waals surface area contributed by atoms with E-state index in [2.05, 4.69) is 6.92 Å². The summed E-state index contributed by atoms with van der Waals surface area (Å²) in [4.78, 5) is 0. The van der Waals surface area contributed by atoms with Gasteiger partial charge in [0, 0.05) is 0 Å². The number of aryl methyl sites for hydroxylation is 1. The van der Waals surface area contributed by atoms with Crippen LogP contribution in [0.4, 0.5) is 4.39 Å². The molecule has 0 amide bonds. The first kappa shape index (κ1) is 18.0. The van der Waals surface area contributed by atoms with Crippen molar-refractivity contribution in [2.45, 2.75) is 90.4 Å². The van der Waals surface area contributed by atoms with Gasteiger partial charge in [0.2, 0.25) is 0 Å². The van der Waals surface area contributed by atoms with Crippen LogP contribution in [0.25, 0.3) is 0 Å². The van der Waals surface area contributed by atoms with Crippen LogP contribution in [0.1, 0.15) is 88.7 Å². The molecular weight excluding hydrogens is 295 g/mol. The highest BCUT2D eigenvalue weighted by molar-refractivity contribution is 5.30. The van der Waals surface area contributed by atoms with Crippen LogP contribution in [0.3, 0.4) is 0 Å². The Labute approximate surface area is 148 Å². The maximum Gasteiger partial charge on any atom is 0.123 e. The van der Waals surface area contributed by atoms with Crippen molar-refractivity contribution in [3.63, 3.8) is 0 Å². The fraction of sp³-hybridized carbons (Fsp3) is 0.739. The maximum absolute atomic E-state index is 13.5. The zero-order chi connectivity index (χ0) is 16.8. The molecule has 1 fully saturated rings. The van der Waals surface area contributed by atoms with Crippen molar-refractivity contribution >= 4 is 0 Å². The molecule has 1 aromatic carbocycles. The standard InChI is InChI=1S/C23H35F/c1-2-3-4-5-6-7-18-8-10-19(11-9-18)21-13-12-20-14-15-23(24)17-22(20)16-21/h14-15,17-19,21H,2-13,16H2,1H3. The smallest absolute Gasteiger partial charge is 0.123 e. The Kier molecular flexibility index (Phi) is 6.75. The van der Waals surface area contributed by atoms with Gasteiger partial charge in [-0.05, 0) is 73.1 Å². The van der Waals surface area contributed by atoms with E-state index in [0.717, 1.165) is 30.6 Å². The molecule has 2 aliphatic carbocycles. The molecule has 0 aromatic heterocycles. The second-order valence-corrected chi connectivity index (χ2v) is 8.40. The first-order chi connectivity index (χ1) is 11.8. The molecule has 0 nitrogen and oxygen atoms in total. The molecule has 134 valence electrons. The molecule has 1 saturated carbocycles. The van der Waals surface area contributed by atoms with E-state index < -0.39 is 0 Å². The van der Waals surface area contributed by atoms with E-state index >= 15 is 0 Å². The van der Waals surface area contributed by atoms with Gasteiger partial charge < -0.3 is 0 Å². The average Bonchev–Trinajstić information content (AvgIpc) is 2.61. The van der Waals surface area contributed by atoms with Gasteiger partial charge in [-0.25, -0.2) is 4.39 Å². The third kappa shape index (κ3) is 4.83. The summed E-state index contributed by atoms with van der Waals surface area (Å²) in [6.07, 6.45) is 17.9. The molecule has 0 bridgehead atoms. The van der Waals surface area contributed by atoms with E-state index in [1.165, 1.54) is 81.8 Å². The van der Waals surface area contributed by atoms with E-state index in [-0.39, 0.29) is 5.82 Å². The number of fused-ring (bicyclic) bond motifs is 1. The number of halogens is 1. The highest BCUT2D eigenvalue weighted by Gasteiger charge is 2.30. The predicted molar refractivity (Wildman–Crippen MR) is 101 cm³/mol. The topological polar surface area (TPSA) is 0 Å². The summed E-state index contributed by atoms with van der Waals surface area (Å²) in [6, 6.07) is 5.44. The highest BCUT2D eigenvalue weighted by atomic mass is 19.1. The average molecular weight is 331 g/mol. The molecule has 1 aromatic rings. The molecule has 24 heavy (non-hydrogen) atoms. The van der Waals surface area contributed by atoms with E-state index in [0.29, 0.717) is 0 Å². The molecule has 0 aliphatic heterocycles. The monoisotopic (exact) mass is 330 g/mol. The number of benzene rings is 1. The Balaban J connectivity index is 1.41. The fourth-order valence-corrected chi connectivity index (χ4v) is 5.14. The Morgan fingerprint density at radius 3 is 2.46 bits per heavy atom. The van der Waals surface area contributed by atoms with Crippen molar-refractivity contribution in [1.82, 2.24) is 0 Å². The normalized spacial score (nSPS) is 27.0. The van der Waals surface area contributed by atoms with Gasteiger partial charge in [0.15, 0.2) is 0 Å². The van der Waals surface area contributed by atoms with E-state index in [9.17, 15) is 4.39 Å². The van der Waals surface area contributed by atoms with Crippen LogP contribution >= 0.6 is 0 Å². The Morgan fingerprint density at radius 2 is 1.67 bits per heavy atom. The van der Waals surface area contributed by atoms with Gasteiger partial charge in [-0.1, -0.05) is 64.4 Å². The molecule has 0 radical (unpaired) electrons. The van der Waals surface area contributed by atoms with Crippen LogP contribution in [-0.2, 0) is 12.8 Å². The minimum Gasteiger partial charge on any atom is -0.207 e. The minimum absolute atomic E-state index is 0.0545. The van der Waals surface area contributed by atoms with Crippen LogP contribution in [0.2, 0.25) is 0 Å². The first-order valence-corrected chi connectivity index (χ1v) is 10.5. The van der Waals surface area contributed by atoms with E-state index in [1.807, 2.05) is 6.07 Å². The molecule has 1 atom stereocenters. The summed E-state index contributed by atoms with van der Waals surface area (Å²) >= 11 is 0. The minimum atomic E-state index is -0.0545. The number of rotatable bonds is 7. The molecule has 0 saturated heterocycles. The molecule has 1 unspecified atom stereocenters. The Morgan fingerprint density at radius 1 is 0.875 bits per heavy atom. The molecule has 0 N–H and O–H groups in total. The number of unbranched alkanes of at least 4 members (excludes halogenated alkanes) is 4. The van der Waals surface area contributed by atoms with Crippen molar-refractivity contribution in [3.05, 3.63) is 35.1 Å². The third-order valence-corrected chi connectivity index (χ3v) is 6.71. The molecule has 0 heterocycles. The summed E-state index contributed by atoms with van der Waals surface area (Å²) in [5, 5.41) is 0. The molecule has 3 rings (SSSR count). The van der Waals surface area contributed by atoms with Gasteiger partial charge in [-0.2, -0.15) is 0 Å². The zero-order valence-corrected chi connectivity index (χ0v) is 15.5. The van der Waals surface area contributed by atoms with Crippen LogP contribution in [-0.4, -0.2) is 0 Å². The van der Waals surface area contributed by atoms with Crippen molar-refractivity contribution < 1.29 is 4.39 Å². The molecular formula is C23H35F. The lowest BCUT2D eigenvalue weighted by Gasteiger charge is -2.36. The lowest BCUT2D eigenvalue weighted by Crippen LogP contribution is -2.26.